The molecule has 1 heterocycles. The van der Waals surface area contributed by atoms with Gasteiger partial charge >= 0.3 is 0 Å². The Kier molecular flexibility index (Phi) is 4.01. The molecule has 0 saturated carbocycles. The van der Waals surface area contributed by atoms with Crippen LogP contribution in [0.15, 0.2) is 47.6 Å². The number of benzene rings is 1. The molecule has 106 valence electrons. The molecule has 0 aliphatic rings. The van der Waals surface area contributed by atoms with Crippen molar-refractivity contribution in [2.75, 3.05) is 11.9 Å². The number of aromatic nitrogens is 2. The molecule has 6 nitrogen and oxygen atoms in total. The van der Waals surface area contributed by atoms with E-state index in [0.29, 0.717) is 5.95 Å². The number of hydrogen-bond donors (Lipinski definition) is 1. The fraction of sp³-hybridized carbons (Fsp3) is 0.231. The minimum absolute atomic E-state index is 0.00642. The lowest BCUT2D eigenvalue weighted by Crippen LogP contribution is -2.23. The quantitative estimate of drug-likeness (QED) is 0.918. The maximum Gasteiger partial charge on any atom is 0.238 e. The van der Waals surface area contributed by atoms with Crippen molar-refractivity contribution in [1.82, 2.24) is 9.97 Å². The number of nitrogens with zero attached hydrogens (tertiary/aromatic N) is 3. The van der Waals surface area contributed by atoms with Crippen molar-refractivity contribution >= 4 is 16.0 Å². The number of nitrogens with two attached hydrogens (primary N) is 1. The van der Waals surface area contributed by atoms with E-state index in [9.17, 15) is 8.42 Å². The van der Waals surface area contributed by atoms with E-state index >= 15 is 0 Å². The van der Waals surface area contributed by atoms with Crippen LogP contribution in [-0.4, -0.2) is 25.4 Å². The molecule has 0 bridgehead atoms. The third-order valence-corrected chi connectivity index (χ3v) is 4.07. The molecule has 20 heavy (non-hydrogen) atoms. The van der Waals surface area contributed by atoms with Crippen LogP contribution in [0.2, 0.25) is 0 Å². The summed E-state index contributed by atoms with van der Waals surface area (Å²) in [5.41, 5.74) is 0.951. The average molecular weight is 292 g/mol. The molecular weight excluding hydrogens is 276 g/mol. The fourth-order valence-corrected chi connectivity index (χ4v) is 2.32. The summed E-state index contributed by atoms with van der Waals surface area (Å²) in [4.78, 5) is 10.4. The van der Waals surface area contributed by atoms with Crippen LogP contribution < -0.4 is 10.0 Å². The van der Waals surface area contributed by atoms with Gasteiger partial charge in [0.15, 0.2) is 0 Å². The highest BCUT2D eigenvalue weighted by molar-refractivity contribution is 7.89. The van der Waals surface area contributed by atoms with Gasteiger partial charge in [-0.3, -0.25) is 0 Å². The molecule has 0 spiro atoms. The molecule has 0 aliphatic heterocycles. The van der Waals surface area contributed by atoms with Crippen molar-refractivity contribution in [1.29, 1.82) is 0 Å². The summed E-state index contributed by atoms with van der Waals surface area (Å²) in [6.07, 6.45) is 3.35. The molecular formula is C13H16N4O2S. The van der Waals surface area contributed by atoms with Gasteiger partial charge < -0.3 is 4.90 Å². The molecule has 1 aromatic heterocycles. The van der Waals surface area contributed by atoms with Crippen LogP contribution in [0.3, 0.4) is 0 Å². The van der Waals surface area contributed by atoms with Gasteiger partial charge in [0.1, 0.15) is 0 Å². The number of primary sulfonamides is 1. The second kappa shape index (κ2) is 5.56. The van der Waals surface area contributed by atoms with Crippen molar-refractivity contribution < 1.29 is 8.42 Å². The molecule has 0 aliphatic carbocycles. The second-order valence-corrected chi connectivity index (χ2v) is 6.01. The zero-order valence-electron chi connectivity index (χ0n) is 11.3. The molecule has 0 unspecified atom stereocenters. The lowest BCUT2D eigenvalue weighted by Gasteiger charge is -2.25. The Balaban J connectivity index is 2.23. The summed E-state index contributed by atoms with van der Waals surface area (Å²) in [5.74, 6) is 0.607. The van der Waals surface area contributed by atoms with Gasteiger partial charge in [0.2, 0.25) is 16.0 Å². The molecule has 0 fully saturated rings. The first-order chi connectivity index (χ1) is 9.39. The Morgan fingerprint density at radius 3 is 2.20 bits per heavy atom. The first-order valence-electron chi connectivity index (χ1n) is 6.02. The minimum atomic E-state index is -3.66. The van der Waals surface area contributed by atoms with E-state index in [1.54, 1.807) is 30.6 Å². The zero-order valence-corrected chi connectivity index (χ0v) is 12.1. The van der Waals surface area contributed by atoms with E-state index in [1.165, 1.54) is 12.1 Å². The van der Waals surface area contributed by atoms with Crippen molar-refractivity contribution in [3.8, 4) is 0 Å². The number of anilines is 1. The van der Waals surface area contributed by atoms with E-state index in [-0.39, 0.29) is 10.9 Å². The number of sulfonamides is 1. The van der Waals surface area contributed by atoms with E-state index in [4.69, 9.17) is 5.14 Å². The SMILES string of the molecule is C[C@@H](c1ccc(S(N)(=O)=O)cc1)N(C)c1ncccn1. The molecule has 2 N–H and O–H groups in total. The maximum atomic E-state index is 11.2. The molecule has 0 amide bonds. The lowest BCUT2D eigenvalue weighted by molar-refractivity contribution is 0.597. The van der Waals surface area contributed by atoms with Crippen molar-refractivity contribution in [3.05, 3.63) is 48.3 Å². The largest absolute Gasteiger partial charge is 0.337 e. The third-order valence-electron chi connectivity index (χ3n) is 3.14. The number of hydrogen-bond acceptors (Lipinski definition) is 5. The van der Waals surface area contributed by atoms with Crippen molar-refractivity contribution in [2.24, 2.45) is 5.14 Å². The summed E-state index contributed by atoms with van der Waals surface area (Å²) in [6.45, 7) is 1.99. The Hall–Kier alpha value is -1.99. The van der Waals surface area contributed by atoms with Crippen LogP contribution >= 0.6 is 0 Å². The molecule has 2 rings (SSSR count). The Labute approximate surface area is 118 Å². The van der Waals surface area contributed by atoms with Gasteiger partial charge in [-0.1, -0.05) is 12.1 Å². The minimum Gasteiger partial charge on any atom is -0.337 e. The highest BCUT2D eigenvalue weighted by atomic mass is 32.2. The second-order valence-electron chi connectivity index (χ2n) is 4.45. The summed E-state index contributed by atoms with van der Waals surface area (Å²) < 4.78 is 22.4. The summed E-state index contributed by atoms with van der Waals surface area (Å²) in [6, 6.07) is 8.24. The van der Waals surface area contributed by atoms with E-state index in [1.807, 2.05) is 18.9 Å². The normalized spacial score (nSPS) is 12.9. The standard InChI is InChI=1S/C13H16N4O2S/c1-10(17(2)13-15-8-3-9-16-13)11-4-6-12(7-5-11)20(14,18)19/h3-10H,1-2H3,(H2,14,18,19)/t10-/m0/s1. The van der Waals surface area contributed by atoms with Crippen LogP contribution in [0.25, 0.3) is 0 Å². The van der Waals surface area contributed by atoms with Crippen LogP contribution in [0.4, 0.5) is 5.95 Å². The lowest BCUT2D eigenvalue weighted by atomic mass is 10.1. The van der Waals surface area contributed by atoms with Gasteiger partial charge in [0.05, 0.1) is 10.9 Å². The van der Waals surface area contributed by atoms with Crippen LogP contribution in [0, 0.1) is 0 Å². The molecule has 1 aromatic carbocycles. The van der Waals surface area contributed by atoms with Crippen LogP contribution in [-0.2, 0) is 10.0 Å². The first-order valence-corrected chi connectivity index (χ1v) is 7.57. The van der Waals surface area contributed by atoms with Gasteiger partial charge in [-0.15, -0.1) is 0 Å². The smallest absolute Gasteiger partial charge is 0.238 e. The molecule has 7 heteroatoms. The van der Waals surface area contributed by atoms with Gasteiger partial charge in [-0.05, 0) is 30.7 Å². The molecule has 2 aromatic rings. The maximum absolute atomic E-state index is 11.2. The molecule has 0 saturated heterocycles. The topological polar surface area (TPSA) is 89.2 Å². The average Bonchev–Trinajstić information content (AvgIpc) is 2.46. The van der Waals surface area contributed by atoms with Crippen LogP contribution in [0.1, 0.15) is 18.5 Å². The monoisotopic (exact) mass is 292 g/mol. The van der Waals surface area contributed by atoms with Gasteiger partial charge in [0, 0.05) is 19.4 Å². The summed E-state index contributed by atoms with van der Waals surface area (Å²) in [5, 5.41) is 5.08. The summed E-state index contributed by atoms with van der Waals surface area (Å²) in [7, 11) is -1.77. The first kappa shape index (κ1) is 14.4. The highest BCUT2D eigenvalue weighted by Crippen LogP contribution is 2.23. The van der Waals surface area contributed by atoms with Crippen LogP contribution in [0.5, 0.6) is 0 Å². The Morgan fingerprint density at radius 1 is 1.15 bits per heavy atom. The van der Waals surface area contributed by atoms with E-state index in [2.05, 4.69) is 9.97 Å². The Bertz CT molecular complexity index is 671. The highest BCUT2D eigenvalue weighted by Gasteiger charge is 2.15. The fourth-order valence-electron chi connectivity index (χ4n) is 1.81. The predicted molar refractivity (Wildman–Crippen MR) is 76.7 cm³/mol. The zero-order chi connectivity index (χ0) is 14.8. The van der Waals surface area contributed by atoms with Gasteiger partial charge in [-0.25, -0.2) is 23.5 Å². The molecule has 0 radical (unpaired) electrons. The van der Waals surface area contributed by atoms with Gasteiger partial charge in [0.25, 0.3) is 0 Å². The van der Waals surface area contributed by atoms with E-state index < -0.39 is 10.0 Å². The predicted octanol–water partition coefficient (Wildman–Crippen LogP) is 1.32. The van der Waals surface area contributed by atoms with Gasteiger partial charge in [-0.2, -0.15) is 0 Å². The Morgan fingerprint density at radius 2 is 1.70 bits per heavy atom. The van der Waals surface area contributed by atoms with Crippen molar-refractivity contribution in [2.45, 2.75) is 17.9 Å². The third kappa shape index (κ3) is 3.12. The van der Waals surface area contributed by atoms with Crippen molar-refractivity contribution in [3.63, 3.8) is 0 Å². The number of rotatable bonds is 4. The molecule has 1 atom stereocenters. The summed E-state index contributed by atoms with van der Waals surface area (Å²) >= 11 is 0. The van der Waals surface area contributed by atoms with E-state index in [0.717, 1.165) is 5.56 Å².